The zero-order chi connectivity index (χ0) is 12.1. The van der Waals surface area contributed by atoms with Gasteiger partial charge < -0.3 is 14.6 Å². The predicted octanol–water partition coefficient (Wildman–Crippen LogP) is 1.75. The molecule has 0 aliphatic rings. The number of aliphatic hydroxyl groups excluding tert-OH is 1. The lowest BCUT2D eigenvalue weighted by Crippen LogP contribution is -2.12. The van der Waals surface area contributed by atoms with E-state index in [0.29, 0.717) is 0 Å². The van der Waals surface area contributed by atoms with Gasteiger partial charge in [-0.3, -0.25) is 4.79 Å². The summed E-state index contributed by atoms with van der Waals surface area (Å²) in [6, 6.07) is 0. The Morgan fingerprint density at radius 2 is 1.73 bits per heavy atom. The molecule has 0 aromatic rings. The molecule has 0 saturated heterocycles. The lowest BCUT2D eigenvalue weighted by atomic mass is 10.4. The van der Waals surface area contributed by atoms with Crippen LogP contribution in [0.25, 0.3) is 0 Å². The highest BCUT2D eigenvalue weighted by Gasteiger charge is 1.96. The highest BCUT2D eigenvalue weighted by atomic mass is 16.5. The maximum Gasteiger partial charge on any atom is 0.302 e. The van der Waals surface area contributed by atoms with E-state index < -0.39 is 6.10 Å². The molecule has 1 N–H and O–H groups in total. The summed E-state index contributed by atoms with van der Waals surface area (Å²) in [4.78, 5) is 10.0. The van der Waals surface area contributed by atoms with E-state index in [1.165, 1.54) is 6.92 Å². The topological polar surface area (TPSA) is 55.8 Å². The standard InChI is InChI=1S/C6H14O.C5H10O3/c1-3-5-7-6-4-2;1-4(6)3-8-5(2)7/h3-6H2,1-2H3;4,6H,3H2,1-2H3. The fraction of sp³-hybridized carbons (Fsp3) is 0.909. The third kappa shape index (κ3) is 24.7. The second kappa shape index (κ2) is 13.4. The van der Waals surface area contributed by atoms with E-state index in [1.807, 2.05) is 0 Å². The monoisotopic (exact) mass is 220 g/mol. The van der Waals surface area contributed by atoms with Crippen LogP contribution in [-0.4, -0.2) is 37.0 Å². The van der Waals surface area contributed by atoms with Crippen molar-refractivity contribution in [3.05, 3.63) is 0 Å². The number of esters is 1. The van der Waals surface area contributed by atoms with Gasteiger partial charge in [-0.2, -0.15) is 0 Å². The van der Waals surface area contributed by atoms with Crippen molar-refractivity contribution in [1.29, 1.82) is 0 Å². The van der Waals surface area contributed by atoms with Crippen LogP contribution >= 0.6 is 0 Å². The molecule has 92 valence electrons. The Kier molecular flexibility index (Phi) is 15.0. The van der Waals surface area contributed by atoms with E-state index >= 15 is 0 Å². The highest BCUT2D eigenvalue weighted by Crippen LogP contribution is 1.82. The van der Waals surface area contributed by atoms with Crippen LogP contribution in [0.2, 0.25) is 0 Å². The number of carbonyl (C=O) groups excluding carboxylic acids is 1. The van der Waals surface area contributed by atoms with Crippen LogP contribution in [0.3, 0.4) is 0 Å². The van der Waals surface area contributed by atoms with E-state index in [1.54, 1.807) is 6.92 Å². The van der Waals surface area contributed by atoms with Gasteiger partial charge in [-0.05, 0) is 19.8 Å². The van der Waals surface area contributed by atoms with Crippen molar-refractivity contribution in [1.82, 2.24) is 0 Å². The Bertz CT molecular complexity index is 131. The minimum atomic E-state index is -0.557. The van der Waals surface area contributed by atoms with Crippen molar-refractivity contribution in [3.8, 4) is 0 Å². The van der Waals surface area contributed by atoms with Gasteiger partial charge in [0.25, 0.3) is 0 Å². The average molecular weight is 220 g/mol. The minimum absolute atomic E-state index is 0.0926. The quantitative estimate of drug-likeness (QED) is 0.547. The smallest absolute Gasteiger partial charge is 0.302 e. The Hall–Kier alpha value is -0.610. The Balaban J connectivity index is 0. The second-order valence-electron chi connectivity index (χ2n) is 3.26. The van der Waals surface area contributed by atoms with Gasteiger partial charge in [-0.25, -0.2) is 0 Å². The number of hydrogen-bond donors (Lipinski definition) is 1. The minimum Gasteiger partial charge on any atom is -0.463 e. The maximum atomic E-state index is 10.0. The molecule has 0 radical (unpaired) electrons. The molecule has 4 heteroatoms. The molecule has 0 bridgehead atoms. The molecular weight excluding hydrogens is 196 g/mol. The SMILES string of the molecule is CC(=O)OCC(C)O.CCCOCCC. The van der Waals surface area contributed by atoms with Gasteiger partial charge in [0.05, 0.1) is 6.10 Å². The molecule has 15 heavy (non-hydrogen) atoms. The molecule has 0 saturated carbocycles. The fourth-order valence-electron chi connectivity index (χ4n) is 0.629. The molecule has 0 heterocycles. The van der Waals surface area contributed by atoms with Crippen LogP contribution in [0, 0.1) is 0 Å². The predicted molar refractivity (Wildman–Crippen MR) is 59.7 cm³/mol. The zero-order valence-electron chi connectivity index (χ0n) is 10.3. The van der Waals surface area contributed by atoms with Gasteiger partial charge >= 0.3 is 5.97 Å². The molecule has 4 nitrogen and oxygen atoms in total. The number of carbonyl (C=O) groups is 1. The van der Waals surface area contributed by atoms with Crippen LogP contribution < -0.4 is 0 Å². The van der Waals surface area contributed by atoms with Crippen molar-refractivity contribution in [2.45, 2.75) is 46.6 Å². The Labute approximate surface area is 92.6 Å². The van der Waals surface area contributed by atoms with Gasteiger partial charge in [-0.15, -0.1) is 0 Å². The van der Waals surface area contributed by atoms with Crippen molar-refractivity contribution in [2.75, 3.05) is 19.8 Å². The first-order valence-electron chi connectivity index (χ1n) is 5.43. The molecule has 0 aromatic carbocycles. The lowest BCUT2D eigenvalue weighted by Gasteiger charge is -2.01. The normalized spacial score (nSPS) is 11.3. The molecule has 0 aromatic heterocycles. The number of ether oxygens (including phenoxy) is 2. The fourth-order valence-corrected chi connectivity index (χ4v) is 0.629. The first-order chi connectivity index (χ1) is 7.04. The first kappa shape index (κ1) is 16.8. The third-order valence-electron chi connectivity index (χ3n) is 1.22. The molecule has 1 unspecified atom stereocenters. The van der Waals surface area contributed by atoms with E-state index in [-0.39, 0.29) is 12.6 Å². The Morgan fingerprint density at radius 3 is 1.93 bits per heavy atom. The van der Waals surface area contributed by atoms with Gasteiger partial charge in [0.1, 0.15) is 6.61 Å². The molecule has 0 spiro atoms. The van der Waals surface area contributed by atoms with Crippen LogP contribution in [0.5, 0.6) is 0 Å². The van der Waals surface area contributed by atoms with Crippen molar-refractivity contribution >= 4 is 5.97 Å². The van der Waals surface area contributed by atoms with Crippen LogP contribution in [0.1, 0.15) is 40.5 Å². The van der Waals surface area contributed by atoms with Crippen molar-refractivity contribution in [3.63, 3.8) is 0 Å². The van der Waals surface area contributed by atoms with E-state index in [4.69, 9.17) is 9.84 Å². The van der Waals surface area contributed by atoms with Crippen LogP contribution in [-0.2, 0) is 14.3 Å². The summed E-state index contributed by atoms with van der Waals surface area (Å²) >= 11 is 0. The molecule has 0 amide bonds. The highest BCUT2D eigenvalue weighted by molar-refractivity contribution is 5.65. The molecular formula is C11H24O4. The summed E-state index contributed by atoms with van der Waals surface area (Å²) < 4.78 is 9.55. The first-order valence-corrected chi connectivity index (χ1v) is 5.43. The summed E-state index contributed by atoms with van der Waals surface area (Å²) in [6.45, 7) is 9.05. The number of hydrogen-bond acceptors (Lipinski definition) is 4. The number of aliphatic hydroxyl groups is 1. The van der Waals surface area contributed by atoms with Gasteiger partial charge in [0.2, 0.25) is 0 Å². The van der Waals surface area contributed by atoms with Crippen LogP contribution in [0.15, 0.2) is 0 Å². The van der Waals surface area contributed by atoms with Crippen LogP contribution in [0.4, 0.5) is 0 Å². The van der Waals surface area contributed by atoms with E-state index in [9.17, 15) is 4.79 Å². The summed E-state index contributed by atoms with van der Waals surface area (Å²) in [5, 5.41) is 8.52. The van der Waals surface area contributed by atoms with E-state index in [2.05, 4.69) is 18.6 Å². The number of rotatable bonds is 6. The Morgan fingerprint density at radius 1 is 1.27 bits per heavy atom. The summed E-state index contributed by atoms with van der Waals surface area (Å²) in [6.07, 6.45) is 1.72. The largest absolute Gasteiger partial charge is 0.463 e. The molecule has 0 aliphatic heterocycles. The third-order valence-corrected chi connectivity index (χ3v) is 1.22. The summed E-state index contributed by atoms with van der Waals surface area (Å²) in [5.74, 6) is -0.356. The van der Waals surface area contributed by atoms with E-state index in [0.717, 1.165) is 26.1 Å². The summed E-state index contributed by atoms with van der Waals surface area (Å²) in [5.41, 5.74) is 0. The second-order valence-corrected chi connectivity index (χ2v) is 3.26. The molecule has 0 rings (SSSR count). The molecule has 0 aliphatic carbocycles. The average Bonchev–Trinajstić information content (AvgIpc) is 2.17. The molecule has 1 atom stereocenters. The molecule has 0 fully saturated rings. The van der Waals surface area contributed by atoms with Crippen molar-refractivity contribution < 1.29 is 19.4 Å². The maximum absolute atomic E-state index is 10.0. The van der Waals surface area contributed by atoms with Crippen molar-refractivity contribution in [2.24, 2.45) is 0 Å². The van der Waals surface area contributed by atoms with Gasteiger partial charge in [0.15, 0.2) is 0 Å². The van der Waals surface area contributed by atoms with Gasteiger partial charge in [0, 0.05) is 20.1 Å². The summed E-state index contributed by atoms with van der Waals surface area (Å²) in [7, 11) is 0. The zero-order valence-corrected chi connectivity index (χ0v) is 10.3. The van der Waals surface area contributed by atoms with Gasteiger partial charge in [-0.1, -0.05) is 13.8 Å². The lowest BCUT2D eigenvalue weighted by molar-refractivity contribution is -0.143.